The summed E-state index contributed by atoms with van der Waals surface area (Å²) in [6.07, 6.45) is 10.4. The Hall–Kier alpha value is -3.91. The van der Waals surface area contributed by atoms with Gasteiger partial charge in [0.2, 0.25) is 0 Å². The summed E-state index contributed by atoms with van der Waals surface area (Å²) in [4.78, 5) is 0. The predicted molar refractivity (Wildman–Crippen MR) is 130 cm³/mol. The topological polar surface area (TPSA) is 37.0 Å². The molecule has 4 aromatic carbocycles. The SMILES string of the molecule is N=Cc1cccc2oc3ccc(-c4ccc5c6c7c(ccc46)C=CCC7=CC5)cc3c12. The molecule has 0 amide bonds. The van der Waals surface area contributed by atoms with Crippen LogP contribution in [-0.4, -0.2) is 6.21 Å². The molecule has 31 heavy (non-hydrogen) atoms. The molecule has 1 aromatic heterocycles. The summed E-state index contributed by atoms with van der Waals surface area (Å²) in [7, 11) is 0. The first-order valence-electron chi connectivity index (χ1n) is 10.7. The van der Waals surface area contributed by atoms with Crippen molar-refractivity contribution in [3.63, 3.8) is 0 Å². The lowest BCUT2D eigenvalue weighted by Gasteiger charge is -2.24. The maximum absolute atomic E-state index is 7.83. The van der Waals surface area contributed by atoms with Crippen LogP contribution in [0.2, 0.25) is 0 Å². The predicted octanol–water partition coefficient (Wildman–Crippen LogP) is 7.76. The molecular weight excluding hydrogens is 378 g/mol. The molecule has 0 bridgehead atoms. The van der Waals surface area contributed by atoms with E-state index in [1.807, 2.05) is 18.2 Å². The first kappa shape index (κ1) is 16.8. The Bertz CT molecular complexity index is 1640. The van der Waals surface area contributed by atoms with Crippen LogP contribution in [0.3, 0.4) is 0 Å². The van der Waals surface area contributed by atoms with E-state index >= 15 is 0 Å². The van der Waals surface area contributed by atoms with E-state index in [4.69, 9.17) is 9.83 Å². The standard InChI is InChI=1S/C29H19NO/c30-16-21-5-2-6-26-28(21)24-15-20(11-14-25(24)31-26)22-12-9-19-8-7-17-3-1-4-18-10-13-23(22)29(19)27(17)18/h1-2,4-7,9-16,30H,3,8H2. The Labute approximate surface area is 179 Å². The van der Waals surface area contributed by atoms with Gasteiger partial charge in [0.15, 0.2) is 0 Å². The van der Waals surface area contributed by atoms with Crippen molar-refractivity contribution < 1.29 is 4.42 Å². The van der Waals surface area contributed by atoms with E-state index in [0.29, 0.717) is 0 Å². The Kier molecular flexibility index (Phi) is 3.29. The summed E-state index contributed by atoms with van der Waals surface area (Å²) in [6, 6.07) is 21.5. The van der Waals surface area contributed by atoms with Gasteiger partial charge in [0.1, 0.15) is 11.2 Å². The third-order valence-electron chi connectivity index (χ3n) is 6.82. The molecule has 1 heterocycles. The normalized spacial score (nSPS) is 14.4. The molecule has 0 spiro atoms. The van der Waals surface area contributed by atoms with Crippen LogP contribution in [0.1, 0.15) is 28.7 Å². The number of fused-ring (bicyclic) bond motifs is 3. The van der Waals surface area contributed by atoms with E-state index in [2.05, 4.69) is 60.7 Å². The van der Waals surface area contributed by atoms with E-state index in [1.54, 1.807) is 0 Å². The largest absolute Gasteiger partial charge is 0.456 e. The highest BCUT2D eigenvalue weighted by molar-refractivity contribution is 6.14. The molecular formula is C29H19NO. The van der Waals surface area contributed by atoms with Crippen molar-refractivity contribution in [1.82, 2.24) is 0 Å². The van der Waals surface area contributed by atoms with E-state index in [1.165, 1.54) is 50.4 Å². The maximum Gasteiger partial charge on any atom is 0.136 e. The fraction of sp³-hybridized carbons (Fsp3) is 0.0690. The second-order valence-electron chi connectivity index (χ2n) is 8.44. The molecule has 0 saturated heterocycles. The maximum atomic E-state index is 7.83. The van der Waals surface area contributed by atoms with E-state index in [9.17, 15) is 0 Å². The summed E-state index contributed by atoms with van der Waals surface area (Å²) in [6.45, 7) is 0. The lowest BCUT2D eigenvalue weighted by atomic mass is 9.80. The minimum Gasteiger partial charge on any atom is -0.456 e. The van der Waals surface area contributed by atoms with Gasteiger partial charge in [-0.3, -0.25) is 0 Å². The molecule has 1 N–H and O–H groups in total. The molecule has 0 aliphatic heterocycles. The van der Waals surface area contributed by atoms with Crippen LogP contribution in [0, 0.1) is 5.41 Å². The molecule has 0 atom stereocenters. The highest BCUT2D eigenvalue weighted by Crippen LogP contribution is 2.44. The molecule has 2 heteroatoms. The van der Waals surface area contributed by atoms with Gasteiger partial charge in [-0.1, -0.05) is 60.7 Å². The minimum atomic E-state index is 0.832. The summed E-state index contributed by atoms with van der Waals surface area (Å²) in [5.41, 5.74) is 10.6. The van der Waals surface area contributed by atoms with Crippen LogP contribution in [0.4, 0.5) is 0 Å². The number of furan rings is 1. The number of allylic oxidation sites excluding steroid dienone is 3. The molecule has 2 nitrogen and oxygen atoms in total. The number of benzene rings is 4. The molecule has 146 valence electrons. The van der Waals surface area contributed by atoms with Gasteiger partial charge < -0.3 is 9.83 Å². The van der Waals surface area contributed by atoms with Crippen molar-refractivity contribution in [3.05, 3.63) is 95.1 Å². The van der Waals surface area contributed by atoms with Crippen molar-refractivity contribution in [2.75, 3.05) is 0 Å². The van der Waals surface area contributed by atoms with Crippen LogP contribution in [0.15, 0.2) is 77.2 Å². The van der Waals surface area contributed by atoms with Gasteiger partial charge in [-0.25, -0.2) is 0 Å². The summed E-state index contributed by atoms with van der Waals surface area (Å²) in [5.74, 6) is 0. The third-order valence-corrected chi connectivity index (χ3v) is 6.82. The van der Waals surface area contributed by atoms with Gasteiger partial charge in [0.25, 0.3) is 0 Å². The summed E-state index contributed by atoms with van der Waals surface area (Å²) in [5, 5.41) is 12.6. The van der Waals surface area contributed by atoms with Crippen LogP contribution < -0.4 is 0 Å². The molecule has 2 aliphatic rings. The zero-order valence-electron chi connectivity index (χ0n) is 16.9. The van der Waals surface area contributed by atoms with Crippen molar-refractivity contribution in [2.45, 2.75) is 12.8 Å². The Morgan fingerprint density at radius 3 is 2.74 bits per heavy atom. The van der Waals surface area contributed by atoms with Crippen molar-refractivity contribution in [3.8, 4) is 11.1 Å². The van der Waals surface area contributed by atoms with Gasteiger partial charge in [-0.15, -0.1) is 0 Å². The van der Waals surface area contributed by atoms with Crippen molar-refractivity contribution in [1.29, 1.82) is 5.41 Å². The number of hydrogen-bond donors (Lipinski definition) is 1. The van der Waals surface area contributed by atoms with E-state index in [0.717, 1.165) is 40.3 Å². The Balaban J connectivity index is 1.54. The minimum absolute atomic E-state index is 0.832. The molecule has 0 unspecified atom stereocenters. The fourth-order valence-electron chi connectivity index (χ4n) is 5.42. The molecule has 0 fully saturated rings. The van der Waals surface area contributed by atoms with Gasteiger partial charge in [0.05, 0.1) is 0 Å². The lowest BCUT2D eigenvalue weighted by Crippen LogP contribution is -2.03. The van der Waals surface area contributed by atoms with Gasteiger partial charge in [-0.2, -0.15) is 0 Å². The summed E-state index contributed by atoms with van der Waals surface area (Å²) >= 11 is 0. The average molecular weight is 397 g/mol. The van der Waals surface area contributed by atoms with Crippen LogP contribution in [0.25, 0.3) is 55.5 Å². The first-order chi connectivity index (χ1) is 15.3. The monoisotopic (exact) mass is 397 g/mol. The first-order valence-corrected chi connectivity index (χ1v) is 10.7. The molecule has 5 aromatic rings. The molecule has 7 rings (SSSR count). The van der Waals surface area contributed by atoms with Crippen LogP contribution in [0.5, 0.6) is 0 Å². The fourth-order valence-corrected chi connectivity index (χ4v) is 5.42. The number of nitrogens with one attached hydrogen (secondary N) is 1. The average Bonchev–Trinajstić information content (AvgIpc) is 3.20. The lowest BCUT2D eigenvalue weighted by molar-refractivity contribution is 0.669. The second kappa shape index (κ2) is 6.05. The quantitative estimate of drug-likeness (QED) is 0.304. The molecule has 0 radical (unpaired) electrons. The zero-order chi connectivity index (χ0) is 20.5. The molecule has 0 saturated carbocycles. The second-order valence-corrected chi connectivity index (χ2v) is 8.44. The summed E-state index contributed by atoms with van der Waals surface area (Å²) < 4.78 is 6.07. The van der Waals surface area contributed by atoms with Crippen molar-refractivity contribution in [2.24, 2.45) is 0 Å². The smallest absolute Gasteiger partial charge is 0.136 e. The van der Waals surface area contributed by atoms with Gasteiger partial charge >= 0.3 is 0 Å². The van der Waals surface area contributed by atoms with Crippen molar-refractivity contribution >= 4 is 50.6 Å². The highest BCUT2D eigenvalue weighted by atomic mass is 16.3. The zero-order valence-corrected chi connectivity index (χ0v) is 16.9. The van der Waals surface area contributed by atoms with Gasteiger partial charge in [-0.05, 0) is 75.2 Å². The third kappa shape index (κ3) is 2.25. The number of rotatable bonds is 2. The van der Waals surface area contributed by atoms with Gasteiger partial charge in [0, 0.05) is 22.6 Å². The highest BCUT2D eigenvalue weighted by Gasteiger charge is 2.21. The van der Waals surface area contributed by atoms with Crippen LogP contribution in [-0.2, 0) is 6.42 Å². The van der Waals surface area contributed by atoms with E-state index in [-0.39, 0.29) is 0 Å². The Morgan fingerprint density at radius 1 is 0.839 bits per heavy atom. The Morgan fingerprint density at radius 2 is 1.81 bits per heavy atom. The number of hydrogen-bond acceptors (Lipinski definition) is 2. The van der Waals surface area contributed by atoms with E-state index < -0.39 is 0 Å². The van der Waals surface area contributed by atoms with Crippen LogP contribution >= 0.6 is 0 Å². The molecule has 2 aliphatic carbocycles.